The highest BCUT2D eigenvalue weighted by Crippen LogP contribution is 2.32. The molecule has 17 heteroatoms. The van der Waals surface area contributed by atoms with Crippen molar-refractivity contribution in [3.8, 4) is 0 Å². The summed E-state index contributed by atoms with van der Waals surface area (Å²) in [5, 5.41) is 58.6. The van der Waals surface area contributed by atoms with Gasteiger partial charge in [0.2, 0.25) is 0 Å². The van der Waals surface area contributed by atoms with Crippen LogP contribution >= 0.6 is 0 Å². The molecule has 1 heterocycles. The Morgan fingerprint density at radius 1 is 0.936 bits per heavy atom. The number of hydrogen-bond acceptors (Lipinski definition) is 10. The van der Waals surface area contributed by atoms with Crippen molar-refractivity contribution in [1.82, 2.24) is 15.5 Å². The Kier molecular flexibility index (Phi) is 12.2. The summed E-state index contributed by atoms with van der Waals surface area (Å²) in [6.07, 6.45) is -13.0. The molecule has 47 heavy (non-hydrogen) atoms. The maximum atomic E-state index is 13.5. The van der Waals surface area contributed by atoms with Gasteiger partial charge in [-0.05, 0) is 36.4 Å². The third-order valence-corrected chi connectivity index (χ3v) is 8.25. The van der Waals surface area contributed by atoms with Crippen molar-refractivity contribution in [1.29, 1.82) is 0 Å². The predicted molar refractivity (Wildman–Crippen MR) is 162 cm³/mol. The molecular weight excluding hydrogens is 620 g/mol. The number of azide groups is 1. The van der Waals surface area contributed by atoms with Gasteiger partial charge in [-0.3, -0.25) is 4.90 Å². The van der Waals surface area contributed by atoms with Crippen LogP contribution < -0.4 is 10.6 Å². The molecule has 1 saturated carbocycles. The van der Waals surface area contributed by atoms with E-state index in [4.69, 9.17) is 19.3 Å². The quantitative estimate of drug-likeness (QED) is 0.105. The number of nitrogens with zero attached hydrogens (tertiary/aromatic N) is 4. The lowest BCUT2D eigenvalue weighted by atomic mass is 9.81. The first-order valence-electron chi connectivity index (χ1n) is 14.9. The van der Waals surface area contributed by atoms with Crippen LogP contribution in [-0.4, -0.2) is 110 Å². The Labute approximate surface area is 269 Å². The third-order valence-electron chi connectivity index (χ3n) is 8.25. The van der Waals surface area contributed by atoms with E-state index in [9.17, 15) is 40.3 Å². The molecular formula is C30H38N6O11. The molecule has 1 saturated heterocycles. The first kappa shape index (κ1) is 35.2. The summed E-state index contributed by atoms with van der Waals surface area (Å²) >= 11 is 0. The lowest BCUT2D eigenvalue weighted by molar-refractivity contribution is -0.269. The first-order valence-corrected chi connectivity index (χ1v) is 14.9. The summed E-state index contributed by atoms with van der Waals surface area (Å²) < 4.78 is 17.8. The Balaban J connectivity index is 1.57. The van der Waals surface area contributed by atoms with Gasteiger partial charge in [0.25, 0.3) is 0 Å². The topological polar surface area (TPSA) is 256 Å². The molecule has 4 rings (SSSR count). The molecule has 254 valence electrons. The zero-order chi connectivity index (χ0) is 34.1. The van der Waals surface area contributed by atoms with Gasteiger partial charge in [-0.1, -0.05) is 65.8 Å². The number of ether oxygens (including phenoxy) is 3. The van der Waals surface area contributed by atoms with Crippen molar-refractivity contribution in [3.05, 3.63) is 82.2 Å². The van der Waals surface area contributed by atoms with E-state index in [2.05, 4.69) is 10.0 Å². The molecule has 0 radical (unpaired) electrons. The molecule has 10 atom stereocenters. The minimum atomic E-state index is -1.93. The van der Waals surface area contributed by atoms with Crippen LogP contribution in [0.15, 0.2) is 65.8 Å². The van der Waals surface area contributed by atoms with Crippen molar-refractivity contribution in [2.24, 2.45) is 5.11 Å². The molecule has 3 amide bonds. The molecule has 1 aliphatic carbocycles. The van der Waals surface area contributed by atoms with Crippen LogP contribution in [0.2, 0.25) is 0 Å². The highest BCUT2D eigenvalue weighted by molar-refractivity contribution is 5.68. The second-order valence-corrected chi connectivity index (χ2v) is 11.3. The largest absolute Gasteiger partial charge is 0.465 e. The summed E-state index contributed by atoms with van der Waals surface area (Å²) in [5.41, 5.74) is 10.8. The number of nitrogens with one attached hydrogen (secondary N) is 2. The number of aliphatic hydroxyl groups excluding tert-OH is 3. The predicted octanol–water partition coefficient (Wildman–Crippen LogP) is 2.15. The molecule has 0 bridgehead atoms. The van der Waals surface area contributed by atoms with E-state index in [1.54, 1.807) is 6.92 Å². The Bertz CT molecular complexity index is 1400. The maximum absolute atomic E-state index is 13.5. The van der Waals surface area contributed by atoms with Gasteiger partial charge in [0, 0.05) is 11.5 Å². The smallest absolute Gasteiger partial charge is 0.410 e. The van der Waals surface area contributed by atoms with E-state index in [1.807, 2.05) is 71.3 Å². The minimum Gasteiger partial charge on any atom is -0.465 e. The van der Waals surface area contributed by atoms with Gasteiger partial charge in [0.1, 0.15) is 24.9 Å². The summed E-state index contributed by atoms with van der Waals surface area (Å²) in [4.78, 5) is 40.7. The Morgan fingerprint density at radius 2 is 1.53 bits per heavy atom. The van der Waals surface area contributed by atoms with E-state index in [1.165, 1.54) is 4.90 Å². The van der Waals surface area contributed by atoms with Crippen LogP contribution in [0.25, 0.3) is 10.4 Å². The standard InChI is InChI=1S/C30H38N6O11/c1-16(36(14-17-8-4-2-5-9-17)30(44)45-15-18-10-6-3-7-11-18)20-13-12-19(34-35-31)27(46-20)47-26-22(33-29(42)43)23(37)21(32-28(40)41)24(38)25(26)39/h2-11,16,19-27,32-33,37-39H,12-15H2,1H3,(H,40,41)(H,42,43)/t16-,19-,20+,21-,22+,23-,24+,25-,26-,27?/m1/s1. The first-order chi connectivity index (χ1) is 22.5. The third kappa shape index (κ3) is 9.00. The van der Waals surface area contributed by atoms with E-state index in [0.717, 1.165) is 11.1 Å². The summed E-state index contributed by atoms with van der Waals surface area (Å²) in [6.45, 7) is 1.92. The summed E-state index contributed by atoms with van der Waals surface area (Å²) in [5.74, 6) is 0. The SMILES string of the molecule is C[C@H]([C@@H]1CC[C@@H](N=[N+]=[N-])C(O[C@H]2[C@H](O)[C@@H](O)[C@H](NC(=O)O)[C@@H](O)[C@@H]2NC(=O)O)O1)N(Cc1ccccc1)C(=O)OCc1ccccc1. The number of amides is 3. The summed E-state index contributed by atoms with van der Waals surface area (Å²) in [6, 6.07) is 13.3. The van der Waals surface area contributed by atoms with Gasteiger partial charge >= 0.3 is 18.3 Å². The maximum Gasteiger partial charge on any atom is 0.410 e. The van der Waals surface area contributed by atoms with Crippen molar-refractivity contribution in [3.63, 3.8) is 0 Å². The van der Waals surface area contributed by atoms with Gasteiger partial charge in [0.15, 0.2) is 6.29 Å². The average molecular weight is 659 g/mol. The molecule has 2 fully saturated rings. The minimum absolute atomic E-state index is 0.0216. The number of hydrogen-bond donors (Lipinski definition) is 7. The molecule has 2 aromatic rings. The van der Waals surface area contributed by atoms with Crippen molar-refractivity contribution < 1.29 is 54.1 Å². The highest BCUT2D eigenvalue weighted by Gasteiger charge is 2.53. The Hall–Kier alpha value is -4.64. The van der Waals surface area contributed by atoms with Gasteiger partial charge in [-0.15, -0.1) is 0 Å². The molecule has 0 aromatic heterocycles. The van der Waals surface area contributed by atoms with Crippen LogP contribution in [0.1, 0.15) is 30.9 Å². The monoisotopic (exact) mass is 658 g/mol. The van der Waals surface area contributed by atoms with Gasteiger partial charge in [-0.2, -0.15) is 0 Å². The zero-order valence-electron chi connectivity index (χ0n) is 25.3. The molecule has 17 nitrogen and oxygen atoms in total. The number of carbonyl (C=O) groups is 3. The zero-order valence-corrected chi connectivity index (χ0v) is 25.3. The lowest BCUT2D eigenvalue weighted by Gasteiger charge is -2.48. The van der Waals surface area contributed by atoms with Crippen LogP contribution in [-0.2, 0) is 27.4 Å². The number of aliphatic hydroxyl groups is 3. The van der Waals surface area contributed by atoms with Crippen LogP contribution in [0.5, 0.6) is 0 Å². The summed E-state index contributed by atoms with van der Waals surface area (Å²) in [7, 11) is 0. The average Bonchev–Trinajstić information content (AvgIpc) is 3.06. The molecule has 1 unspecified atom stereocenters. The van der Waals surface area contributed by atoms with E-state index < -0.39 is 79.3 Å². The van der Waals surface area contributed by atoms with Crippen LogP contribution in [0.4, 0.5) is 14.4 Å². The van der Waals surface area contributed by atoms with E-state index in [-0.39, 0.29) is 19.6 Å². The Morgan fingerprint density at radius 3 is 2.13 bits per heavy atom. The molecule has 2 aromatic carbocycles. The number of rotatable bonds is 11. The van der Waals surface area contributed by atoms with Crippen molar-refractivity contribution in [2.45, 2.75) is 93.9 Å². The van der Waals surface area contributed by atoms with E-state index >= 15 is 0 Å². The fourth-order valence-electron chi connectivity index (χ4n) is 5.80. The molecule has 0 spiro atoms. The fourth-order valence-corrected chi connectivity index (χ4v) is 5.80. The van der Waals surface area contributed by atoms with Crippen LogP contribution in [0, 0.1) is 0 Å². The lowest BCUT2D eigenvalue weighted by Crippen LogP contribution is -2.73. The molecule has 1 aliphatic heterocycles. The van der Waals surface area contributed by atoms with Gasteiger partial charge in [-0.25, -0.2) is 14.4 Å². The number of benzene rings is 2. The van der Waals surface area contributed by atoms with E-state index in [0.29, 0.717) is 6.42 Å². The molecule has 7 N–H and O–H groups in total. The molecule has 2 aliphatic rings. The van der Waals surface area contributed by atoms with Crippen molar-refractivity contribution in [2.75, 3.05) is 0 Å². The van der Waals surface area contributed by atoms with Gasteiger partial charge in [0.05, 0.1) is 36.4 Å². The number of carbonyl (C=O) groups excluding carboxylic acids is 1. The highest BCUT2D eigenvalue weighted by atomic mass is 16.7. The van der Waals surface area contributed by atoms with Crippen molar-refractivity contribution >= 4 is 18.3 Å². The normalized spacial score (nSPS) is 29.4. The second-order valence-electron chi connectivity index (χ2n) is 11.3. The second kappa shape index (κ2) is 16.3. The van der Waals surface area contributed by atoms with Crippen LogP contribution in [0.3, 0.4) is 0 Å². The van der Waals surface area contributed by atoms with Gasteiger partial charge < -0.3 is 50.4 Å². The fraction of sp³-hybridized carbons (Fsp3) is 0.500. The number of carboxylic acid groups (broad SMARTS) is 2.